The highest BCUT2D eigenvalue weighted by molar-refractivity contribution is 5.67. The molecule has 3 N–H and O–H groups in total. The van der Waals surface area contributed by atoms with Crippen LogP contribution in [-0.4, -0.2) is 14.9 Å². The van der Waals surface area contributed by atoms with Crippen molar-refractivity contribution in [3.05, 3.63) is 36.2 Å². The first-order valence-corrected chi connectivity index (χ1v) is 5.16. The summed E-state index contributed by atoms with van der Waals surface area (Å²) >= 11 is 0. The van der Waals surface area contributed by atoms with E-state index in [1.165, 1.54) is 0 Å². The molecule has 1 aromatic carbocycles. The second-order valence-corrected chi connectivity index (χ2v) is 3.94. The number of nitrogens with two attached hydrogens (primary N) is 1. The van der Waals surface area contributed by atoms with E-state index in [0.29, 0.717) is 0 Å². The molecule has 0 spiro atoms. The van der Waals surface area contributed by atoms with Crippen molar-refractivity contribution in [3.63, 3.8) is 0 Å². The van der Waals surface area contributed by atoms with Crippen molar-refractivity contribution < 1.29 is 5.11 Å². The second-order valence-electron chi connectivity index (χ2n) is 3.94. The maximum absolute atomic E-state index is 9.45. The number of aromatic nitrogens is 2. The summed E-state index contributed by atoms with van der Waals surface area (Å²) in [6, 6.07) is 6.97. The average Bonchev–Trinajstić information content (AvgIpc) is 2.60. The molecule has 0 bridgehead atoms. The van der Waals surface area contributed by atoms with Gasteiger partial charge in [0.15, 0.2) is 0 Å². The van der Waals surface area contributed by atoms with Gasteiger partial charge in [-0.2, -0.15) is 5.10 Å². The molecular formula is C12H15N3O. The first-order valence-electron chi connectivity index (χ1n) is 5.16. The van der Waals surface area contributed by atoms with Gasteiger partial charge >= 0.3 is 0 Å². The zero-order chi connectivity index (χ0) is 11.7. The molecule has 16 heavy (non-hydrogen) atoms. The fourth-order valence-corrected chi connectivity index (χ4v) is 1.74. The van der Waals surface area contributed by atoms with Gasteiger partial charge in [-0.15, -0.1) is 0 Å². The summed E-state index contributed by atoms with van der Waals surface area (Å²) < 4.78 is 1.73. The molecule has 0 aliphatic carbocycles. The molecule has 0 amide bonds. The van der Waals surface area contributed by atoms with Crippen LogP contribution in [0.2, 0.25) is 0 Å². The highest BCUT2D eigenvalue weighted by atomic mass is 16.3. The Morgan fingerprint density at radius 3 is 2.81 bits per heavy atom. The van der Waals surface area contributed by atoms with E-state index >= 15 is 0 Å². The molecule has 0 saturated heterocycles. The van der Waals surface area contributed by atoms with Gasteiger partial charge in [0.25, 0.3) is 0 Å². The van der Waals surface area contributed by atoms with Crippen LogP contribution in [0.1, 0.15) is 18.7 Å². The lowest BCUT2D eigenvalue weighted by Gasteiger charge is -2.05. The quantitative estimate of drug-likeness (QED) is 0.806. The summed E-state index contributed by atoms with van der Waals surface area (Å²) in [4.78, 5) is 0. The molecule has 84 valence electrons. The summed E-state index contributed by atoms with van der Waals surface area (Å²) in [7, 11) is 1.86. The third kappa shape index (κ3) is 1.92. The molecule has 1 atom stereocenters. The van der Waals surface area contributed by atoms with E-state index in [1.807, 2.05) is 32.3 Å². The van der Waals surface area contributed by atoms with E-state index in [2.05, 4.69) is 5.10 Å². The topological polar surface area (TPSA) is 64.1 Å². The molecule has 0 saturated carbocycles. The zero-order valence-electron chi connectivity index (χ0n) is 9.38. The first kappa shape index (κ1) is 10.7. The minimum absolute atomic E-state index is 0.126. The van der Waals surface area contributed by atoms with E-state index < -0.39 is 0 Å². The van der Waals surface area contributed by atoms with Crippen molar-refractivity contribution in [1.29, 1.82) is 0 Å². The van der Waals surface area contributed by atoms with Gasteiger partial charge in [0, 0.05) is 24.8 Å². The van der Waals surface area contributed by atoms with Gasteiger partial charge in [-0.3, -0.25) is 4.68 Å². The third-order valence-corrected chi connectivity index (χ3v) is 2.45. The Balaban J connectivity index is 2.55. The molecule has 1 unspecified atom stereocenters. The number of phenolic OH excluding ortho intramolecular Hbond substituents is 1. The van der Waals surface area contributed by atoms with Gasteiger partial charge < -0.3 is 10.8 Å². The van der Waals surface area contributed by atoms with Crippen LogP contribution in [0.15, 0.2) is 30.5 Å². The van der Waals surface area contributed by atoms with Crippen LogP contribution in [0.4, 0.5) is 0 Å². The number of hydrogen-bond donors (Lipinski definition) is 2. The number of aryl methyl sites for hydroxylation is 1. The van der Waals surface area contributed by atoms with Crippen LogP contribution in [-0.2, 0) is 7.05 Å². The highest BCUT2D eigenvalue weighted by Crippen LogP contribution is 2.28. The monoisotopic (exact) mass is 217 g/mol. The Morgan fingerprint density at radius 1 is 1.44 bits per heavy atom. The SMILES string of the molecule is CC(N)c1nn(C)cc1-c1cccc(O)c1. The lowest BCUT2D eigenvalue weighted by molar-refractivity contribution is 0.475. The first-order chi connectivity index (χ1) is 7.58. The normalized spacial score (nSPS) is 12.7. The van der Waals surface area contributed by atoms with Gasteiger partial charge in [-0.25, -0.2) is 0 Å². The van der Waals surface area contributed by atoms with Crippen molar-refractivity contribution in [2.24, 2.45) is 12.8 Å². The van der Waals surface area contributed by atoms with Gasteiger partial charge in [-0.05, 0) is 24.6 Å². The molecule has 2 aromatic rings. The molecule has 0 aliphatic heterocycles. The average molecular weight is 217 g/mol. The molecular weight excluding hydrogens is 202 g/mol. The number of rotatable bonds is 2. The standard InChI is InChI=1S/C12H15N3O/c1-8(13)12-11(7-15(2)14-12)9-4-3-5-10(16)6-9/h3-8,16H,13H2,1-2H3. The number of aromatic hydroxyl groups is 1. The van der Waals surface area contributed by atoms with Crippen molar-refractivity contribution in [2.45, 2.75) is 13.0 Å². The summed E-state index contributed by atoms with van der Waals surface area (Å²) in [5.41, 5.74) is 8.60. The maximum atomic E-state index is 9.45. The van der Waals surface area contributed by atoms with Crippen molar-refractivity contribution >= 4 is 0 Å². The molecule has 4 heteroatoms. The van der Waals surface area contributed by atoms with E-state index in [0.717, 1.165) is 16.8 Å². The maximum Gasteiger partial charge on any atom is 0.116 e. The summed E-state index contributed by atoms with van der Waals surface area (Å²) in [5.74, 6) is 0.247. The molecule has 0 radical (unpaired) electrons. The molecule has 0 fully saturated rings. The molecule has 4 nitrogen and oxygen atoms in total. The van der Waals surface area contributed by atoms with E-state index in [9.17, 15) is 5.11 Å². The number of phenols is 1. The predicted molar refractivity (Wildman–Crippen MR) is 62.9 cm³/mol. The van der Waals surface area contributed by atoms with Crippen molar-refractivity contribution in [3.8, 4) is 16.9 Å². The van der Waals surface area contributed by atoms with Gasteiger partial charge in [0.1, 0.15) is 5.75 Å². The minimum Gasteiger partial charge on any atom is -0.508 e. The van der Waals surface area contributed by atoms with Crippen LogP contribution in [0.25, 0.3) is 11.1 Å². The zero-order valence-corrected chi connectivity index (χ0v) is 9.38. The second kappa shape index (κ2) is 3.98. The predicted octanol–water partition coefficient (Wildman–Crippen LogP) is 1.81. The smallest absolute Gasteiger partial charge is 0.116 e. The van der Waals surface area contributed by atoms with Crippen molar-refractivity contribution in [1.82, 2.24) is 9.78 Å². The molecule has 2 rings (SSSR count). The van der Waals surface area contributed by atoms with E-state index in [1.54, 1.807) is 16.8 Å². The Morgan fingerprint density at radius 2 is 2.19 bits per heavy atom. The van der Waals surface area contributed by atoms with Crippen LogP contribution in [0, 0.1) is 0 Å². The summed E-state index contributed by atoms with van der Waals surface area (Å²) in [5, 5.41) is 13.8. The van der Waals surface area contributed by atoms with E-state index in [4.69, 9.17) is 5.73 Å². The van der Waals surface area contributed by atoms with Crippen LogP contribution in [0.3, 0.4) is 0 Å². The van der Waals surface area contributed by atoms with Crippen molar-refractivity contribution in [2.75, 3.05) is 0 Å². The van der Waals surface area contributed by atoms with Crippen LogP contribution in [0.5, 0.6) is 5.75 Å². The molecule has 1 heterocycles. The van der Waals surface area contributed by atoms with Crippen LogP contribution < -0.4 is 5.73 Å². The van der Waals surface area contributed by atoms with Gasteiger partial charge in [0.05, 0.1) is 5.69 Å². The van der Waals surface area contributed by atoms with E-state index in [-0.39, 0.29) is 11.8 Å². The minimum atomic E-state index is -0.126. The fraction of sp³-hybridized carbons (Fsp3) is 0.250. The fourth-order valence-electron chi connectivity index (χ4n) is 1.74. The summed E-state index contributed by atoms with van der Waals surface area (Å²) in [6.07, 6.45) is 1.91. The Labute approximate surface area is 94.3 Å². The molecule has 1 aromatic heterocycles. The number of benzene rings is 1. The van der Waals surface area contributed by atoms with Gasteiger partial charge in [-0.1, -0.05) is 12.1 Å². The van der Waals surface area contributed by atoms with Crippen LogP contribution >= 0.6 is 0 Å². The Hall–Kier alpha value is -1.81. The molecule has 0 aliphatic rings. The number of hydrogen-bond acceptors (Lipinski definition) is 3. The Kier molecular flexibility index (Phi) is 2.66. The third-order valence-electron chi connectivity index (χ3n) is 2.45. The number of nitrogens with zero attached hydrogens (tertiary/aromatic N) is 2. The highest BCUT2D eigenvalue weighted by Gasteiger charge is 2.13. The Bertz CT molecular complexity index is 503. The lowest BCUT2D eigenvalue weighted by atomic mass is 10.0. The summed E-state index contributed by atoms with van der Waals surface area (Å²) in [6.45, 7) is 1.90. The largest absolute Gasteiger partial charge is 0.508 e. The van der Waals surface area contributed by atoms with Gasteiger partial charge in [0.2, 0.25) is 0 Å². The lowest BCUT2D eigenvalue weighted by Crippen LogP contribution is -2.07.